The Morgan fingerprint density at radius 1 is 1.17 bits per heavy atom. The van der Waals surface area contributed by atoms with Crippen LogP contribution in [0.5, 0.6) is 0 Å². The third-order valence-corrected chi connectivity index (χ3v) is 2.91. The van der Waals surface area contributed by atoms with Crippen molar-refractivity contribution in [2.75, 3.05) is 6.61 Å². The Bertz CT molecular complexity index is 509. The zero-order chi connectivity index (χ0) is 13.2. The van der Waals surface area contributed by atoms with Gasteiger partial charge < -0.3 is 5.11 Å². The van der Waals surface area contributed by atoms with Gasteiger partial charge in [-0.2, -0.15) is 0 Å². The van der Waals surface area contributed by atoms with Crippen molar-refractivity contribution in [1.82, 2.24) is 15.0 Å². The van der Waals surface area contributed by atoms with Crippen LogP contribution in [0.1, 0.15) is 32.0 Å². The van der Waals surface area contributed by atoms with Gasteiger partial charge in [0.2, 0.25) is 0 Å². The van der Waals surface area contributed by atoms with Crippen molar-refractivity contribution >= 4 is 0 Å². The lowest BCUT2D eigenvalue weighted by Gasteiger charge is -2.18. The third kappa shape index (κ3) is 2.76. The maximum atomic E-state index is 8.85. The molecule has 0 saturated heterocycles. The molecular formula is C14H19N3O. The quantitative estimate of drug-likeness (QED) is 0.901. The van der Waals surface area contributed by atoms with Crippen LogP contribution >= 0.6 is 0 Å². The molecule has 1 aromatic carbocycles. The Morgan fingerprint density at radius 3 is 2.39 bits per heavy atom. The maximum absolute atomic E-state index is 8.85. The number of hydrogen-bond donors (Lipinski definition) is 1. The van der Waals surface area contributed by atoms with E-state index in [0.717, 1.165) is 11.4 Å². The molecule has 0 unspecified atom stereocenters. The largest absolute Gasteiger partial charge is 0.396 e. The SMILES string of the molecule is CC(C)(C)c1ccc(-n2cc(CCO)nn2)cc1. The average molecular weight is 245 g/mol. The van der Waals surface area contributed by atoms with Gasteiger partial charge in [-0.1, -0.05) is 38.1 Å². The second-order valence-corrected chi connectivity index (χ2v) is 5.42. The highest BCUT2D eigenvalue weighted by Crippen LogP contribution is 2.22. The molecule has 4 heteroatoms. The summed E-state index contributed by atoms with van der Waals surface area (Å²) in [4.78, 5) is 0. The molecule has 1 heterocycles. The summed E-state index contributed by atoms with van der Waals surface area (Å²) in [6.07, 6.45) is 2.39. The van der Waals surface area contributed by atoms with Gasteiger partial charge in [-0.25, -0.2) is 4.68 Å². The zero-order valence-corrected chi connectivity index (χ0v) is 11.1. The van der Waals surface area contributed by atoms with E-state index >= 15 is 0 Å². The molecule has 0 aliphatic heterocycles. The third-order valence-electron chi connectivity index (χ3n) is 2.91. The molecular weight excluding hydrogens is 226 g/mol. The summed E-state index contributed by atoms with van der Waals surface area (Å²) >= 11 is 0. The standard InChI is InChI=1S/C14H19N3O/c1-14(2,3)11-4-6-13(7-5-11)17-10-12(8-9-18)15-16-17/h4-7,10,18H,8-9H2,1-3H3. The van der Waals surface area contributed by atoms with Gasteiger partial charge in [0.15, 0.2) is 0 Å². The van der Waals surface area contributed by atoms with E-state index in [1.54, 1.807) is 4.68 Å². The number of aliphatic hydroxyl groups is 1. The fourth-order valence-corrected chi connectivity index (χ4v) is 1.77. The average Bonchev–Trinajstić information content (AvgIpc) is 2.77. The number of benzene rings is 1. The first-order chi connectivity index (χ1) is 8.50. The number of aromatic nitrogens is 3. The molecule has 4 nitrogen and oxygen atoms in total. The van der Waals surface area contributed by atoms with Crippen molar-refractivity contribution < 1.29 is 5.11 Å². The van der Waals surface area contributed by atoms with E-state index in [4.69, 9.17) is 5.11 Å². The van der Waals surface area contributed by atoms with Gasteiger partial charge in [0, 0.05) is 13.0 Å². The van der Waals surface area contributed by atoms with Crippen molar-refractivity contribution in [1.29, 1.82) is 0 Å². The van der Waals surface area contributed by atoms with E-state index in [1.165, 1.54) is 5.56 Å². The van der Waals surface area contributed by atoms with Crippen molar-refractivity contribution in [3.8, 4) is 5.69 Å². The number of nitrogens with zero attached hydrogens (tertiary/aromatic N) is 3. The molecule has 0 spiro atoms. The highest BCUT2D eigenvalue weighted by Gasteiger charge is 2.13. The minimum atomic E-state index is 0.0989. The van der Waals surface area contributed by atoms with Crippen molar-refractivity contribution in [2.24, 2.45) is 0 Å². The molecule has 2 aromatic rings. The summed E-state index contributed by atoms with van der Waals surface area (Å²) in [6, 6.07) is 8.31. The molecule has 0 amide bonds. The van der Waals surface area contributed by atoms with Gasteiger partial charge in [0.05, 0.1) is 17.6 Å². The smallest absolute Gasteiger partial charge is 0.0854 e. The first-order valence-electron chi connectivity index (χ1n) is 6.14. The number of rotatable bonds is 3. The summed E-state index contributed by atoms with van der Waals surface area (Å²) in [5, 5.41) is 16.9. The Balaban J connectivity index is 2.23. The van der Waals surface area contributed by atoms with Crippen LogP contribution < -0.4 is 0 Å². The molecule has 18 heavy (non-hydrogen) atoms. The number of hydrogen-bond acceptors (Lipinski definition) is 3. The minimum Gasteiger partial charge on any atom is -0.396 e. The van der Waals surface area contributed by atoms with Crippen LogP contribution in [0, 0.1) is 0 Å². The Hall–Kier alpha value is -1.68. The maximum Gasteiger partial charge on any atom is 0.0854 e. The van der Waals surface area contributed by atoms with Crippen LogP contribution in [0.3, 0.4) is 0 Å². The van der Waals surface area contributed by atoms with Gasteiger partial charge >= 0.3 is 0 Å². The van der Waals surface area contributed by atoms with Crippen LogP contribution in [0.4, 0.5) is 0 Å². The van der Waals surface area contributed by atoms with Crippen LogP contribution in [0.2, 0.25) is 0 Å². The molecule has 2 rings (SSSR count). The van der Waals surface area contributed by atoms with E-state index in [-0.39, 0.29) is 12.0 Å². The summed E-state index contributed by atoms with van der Waals surface area (Å²) in [5.41, 5.74) is 3.24. The van der Waals surface area contributed by atoms with Gasteiger partial charge in [0.1, 0.15) is 0 Å². The van der Waals surface area contributed by atoms with Crippen LogP contribution in [0.15, 0.2) is 30.5 Å². The molecule has 0 saturated carbocycles. The van der Waals surface area contributed by atoms with Gasteiger partial charge in [0.25, 0.3) is 0 Å². The predicted octanol–water partition coefficient (Wildman–Crippen LogP) is 2.10. The number of aliphatic hydroxyl groups excluding tert-OH is 1. The lowest BCUT2D eigenvalue weighted by Crippen LogP contribution is -2.10. The molecule has 1 N–H and O–H groups in total. The lowest BCUT2D eigenvalue weighted by molar-refractivity contribution is 0.298. The van der Waals surface area contributed by atoms with Crippen LogP contribution in [-0.4, -0.2) is 26.7 Å². The predicted molar refractivity (Wildman–Crippen MR) is 70.8 cm³/mol. The van der Waals surface area contributed by atoms with Crippen LogP contribution in [-0.2, 0) is 11.8 Å². The summed E-state index contributed by atoms with van der Waals surface area (Å²) in [6.45, 7) is 6.67. The zero-order valence-electron chi connectivity index (χ0n) is 11.1. The lowest BCUT2D eigenvalue weighted by atomic mass is 9.87. The first-order valence-corrected chi connectivity index (χ1v) is 6.14. The minimum absolute atomic E-state index is 0.0989. The highest BCUT2D eigenvalue weighted by molar-refractivity contribution is 5.36. The Kier molecular flexibility index (Phi) is 3.48. The van der Waals surface area contributed by atoms with E-state index in [2.05, 4.69) is 43.2 Å². The normalized spacial score (nSPS) is 11.8. The van der Waals surface area contributed by atoms with Crippen LogP contribution in [0.25, 0.3) is 5.69 Å². The topological polar surface area (TPSA) is 50.9 Å². The van der Waals surface area contributed by atoms with E-state index in [1.807, 2.05) is 18.3 Å². The Labute approximate surface area is 107 Å². The van der Waals surface area contributed by atoms with E-state index in [0.29, 0.717) is 6.42 Å². The molecule has 0 atom stereocenters. The van der Waals surface area contributed by atoms with Crippen molar-refractivity contribution in [3.63, 3.8) is 0 Å². The van der Waals surface area contributed by atoms with E-state index < -0.39 is 0 Å². The second kappa shape index (κ2) is 4.90. The second-order valence-electron chi connectivity index (χ2n) is 5.42. The van der Waals surface area contributed by atoms with Gasteiger partial charge in [-0.3, -0.25) is 0 Å². The summed E-state index contributed by atoms with van der Waals surface area (Å²) < 4.78 is 1.73. The molecule has 0 fully saturated rings. The van der Waals surface area contributed by atoms with E-state index in [9.17, 15) is 0 Å². The van der Waals surface area contributed by atoms with Crippen molar-refractivity contribution in [2.45, 2.75) is 32.6 Å². The summed E-state index contributed by atoms with van der Waals surface area (Å²) in [5.74, 6) is 0. The molecule has 1 aromatic heterocycles. The van der Waals surface area contributed by atoms with Gasteiger partial charge in [-0.15, -0.1) is 5.10 Å². The molecule has 0 radical (unpaired) electrons. The Morgan fingerprint density at radius 2 is 1.83 bits per heavy atom. The summed E-state index contributed by atoms with van der Waals surface area (Å²) in [7, 11) is 0. The monoisotopic (exact) mass is 245 g/mol. The van der Waals surface area contributed by atoms with Crippen molar-refractivity contribution in [3.05, 3.63) is 41.7 Å². The first kappa shape index (κ1) is 12.8. The highest BCUT2D eigenvalue weighted by atomic mass is 16.3. The van der Waals surface area contributed by atoms with Gasteiger partial charge in [-0.05, 0) is 23.1 Å². The molecule has 96 valence electrons. The molecule has 0 aliphatic rings. The molecule has 0 bridgehead atoms. The fourth-order valence-electron chi connectivity index (χ4n) is 1.77. The fraction of sp³-hybridized carbons (Fsp3) is 0.429. The molecule has 0 aliphatic carbocycles.